The Labute approximate surface area is 146 Å². The zero-order valence-corrected chi connectivity index (χ0v) is 14.9. The van der Waals surface area contributed by atoms with E-state index in [4.69, 9.17) is 0 Å². The van der Waals surface area contributed by atoms with E-state index in [1.54, 1.807) is 30.2 Å². The van der Waals surface area contributed by atoms with E-state index < -0.39 is 0 Å². The topological polar surface area (TPSA) is 52.7 Å². The molecule has 2 aromatic rings. The van der Waals surface area contributed by atoms with Gasteiger partial charge in [-0.05, 0) is 17.5 Å². The Morgan fingerprint density at radius 3 is 2.75 bits per heavy atom. The summed E-state index contributed by atoms with van der Waals surface area (Å²) in [5.74, 6) is -0.145. The highest BCUT2D eigenvalue weighted by molar-refractivity contribution is 7.19. The van der Waals surface area contributed by atoms with E-state index in [9.17, 15) is 9.59 Å². The molecule has 1 N–H and O–H groups in total. The van der Waals surface area contributed by atoms with Crippen LogP contribution in [-0.4, -0.2) is 54.8 Å². The van der Waals surface area contributed by atoms with Gasteiger partial charge >= 0.3 is 0 Å². The van der Waals surface area contributed by atoms with Gasteiger partial charge < -0.3 is 10.2 Å². The van der Waals surface area contributed by atoms with Gasteiger partial charge in [0.25, 0.3) is 0 Å². The molecule has 1 aromatic heterocycles. The standard InChI is InChI=1S/C18H23N3O2S/c1-13(22)21-8-7-20(10-15(11-21)18(23)19-2)12-16-9-14-5-3-4-6-17(14)24-16/h3-6,9,15H,7-8,10-12H2,1-2H3,(H,19,23)/t15-/m1/s1. The summed E-state index contributed by atoms with van der Waals surface area (Å²) in [6.45, 7) is 5.03. The second kappa shape index (κ2) is 7.32. The predicted molar refractivity (Wildman–Crippen MR) is 96.9 cm³/mol. The highest BCUT2D eigenvalue weighted by Crippen LogP contribution is 2.27. The summed E-state index contributed by atoms with van der Waals surface area (Å²) in [5.41, 5.74) is 0. The molecular formula is C18H23N3O2S. The van der Waals surface area contributed by atoms with Crippen molar-refractivity contribution >= 4 is 33.2 Å². The van der Waals surface area contributed by atoms with Crippen molar-refractivity contribution in [3.8, 4) is 0 Å². The summed E-state index contributed by atoms with van der Waals surface area (Å²) in [6, 6.07) is 10.6. The molecule has 0 radical (unpaired) electrons. The minimum Gasteiger partial charge on any atom is -0.359 e. The van der Waals surface area contributed by atoms with Gasteiger partial charge in [0, 0.05) is 56.3 Å². The quantitative estimate of drug-likeness (QED) is 0.925. The number of amides is 2. The van der Waals surface area contributed by atoms with Gasteiger partial charge in [-0.15, -0.1) is 11.3 Å². The third-order valence-electron chi connectivity index (χ3n) is 4.52. The zero-order valence-electron chi connectivity index (χ0n) is 14.1. The Hall–Kier alpha value is -1.92. The Morgan fingerprint density at radius 2 is 2.04 bits per heavy atom. The lowest BCUT2D eigenvalue weighted by Gasteiger charge is -2.22. The number of hydrogen-bond acceptors (Lipinski definition) is 4. The third kappa shape index (κ3) is 3.76. The fourth-order valence-electron chi connectivity index (χ4n) is 3.21. The van der Waals surface area contributed by atoms with Crippen molar-refractivity contribution in [2.24, 2.45) is 5.92 Å². The molecule has 0 saturated carbocycles. The zero-order chi connectivity index (χ0) is 17.1. The average Bonchev–Trinajstić information content (AvgIpc) is 2.85. The largest absolute Gasteiger partial charge is 0.359 e. The molecule has 1 aromatic carbocycles. The first-order valence-corrected chi connectivity index (χ1v) is 9.05. The molecule has 0 aliphatic carbocycles. The van der Waals surface area contributed by atoms with Gasteiger partial charge in [0.1, 0.15) is 0 Å². The van der Waals surface area contributed by atoms with E-state index in [0.717, 1.165) is 13.1 Å². The van der Waals surface area contributed by atoms with Crippen molar-refractivity contribution in [3.63, 3.8) is 0 Å². The van der Waals surface area contributed by atoms with Gasteiger partial charge in [0.2, 0.25) is 11.8 Å². The molecule has 6 heteroatoms. The molecule has 128 valence electrons. The van der Waals surface area contributed by atoms with Crippen LogP contribution in [0, 0.1) is 5.92 Å². The molecule has 5 nitrogen and oxygen atoms in total. The Bertz CT molecular complexity index is 710. The number of fused-ring (bicyclic) bond motifs is 1. The SMILES string of the molecule is CNC(=O)[C@@H]1CN(Cc2cc3ccccc3s2)CCN(C(C)=O)C1. The van der Waals surface area contributed by atoms with E-state index in [0.29, 0.717) is 19.6 Å². The van der Waals surface area contributed by atoms with Crippen LogP contribution in [0.1, 0.15) is 11.8 Å². The van der Waals surface area contributed by atoms with Crippen LogP contribution in [0.4, 0.5) is 0 Å². The first-order chi connectivity index (χ1) is 11.6. The third-order valence-corrected chi connectivity index (χ3v) is 5.62. The maximum absolute atomic E-state index is 12.2. The minimum atomic E-state index is -0.184. The van der Waals surface area contributed by atoms with E-state index >= 15 is 0 Å². The molecular weight excluding hydrogens is 322 g/mol. The number of carbonyl (C=O) groups is 2. The highest BCUT2D eigenvalue weighted by atomic mass is 32.1. The molecule has 24 heavy (non-hydrogen) atoms. The van der Waals surface area contributed by atoms with Gasteiger partial charge in [0.05, 0.1) is 5.92 Å². The lowest BCUT2D eigenvalue weighted by molar-refractivity contribution is -0.130. The summed E-state index contributed by atoms with van der Waals surface area (Å²) >= 11 is 1.80. The second-order valence-corrected chi connectivity index (χ2v) is 7.43. The van der Waals surface area contributed by atoms with Crippen LogP contribution in [0.15, 0.2) is 30.3 Å². The van der Waals surface area contributed by atoms with E-state index in [1.807, 2.05) is 0 Å². The summed E-state index contributed by atoms with van der Waals surface area (Å²) in [4.78, 5) is 29.3. The Balaban J connectivity index is 1.76. The van der Waals surface area contributed by atoms with Crippen LogP contribution < -0.4 is 5.32 Å². The lowest BCUT2D eigenvalue weighted by Crippen LogP contribution is -2.40. The number of carbonyl (C=O) groups excluding carboxylic acids is 2. The molecule has 1 aliphatic rings. The predicted octanol–water partition coefficient (Wildman–Crippen LogP) is 1.93. The molecule has 1 saturated heterocycles. The van der Waals surface area contributed by atoms with Crippen LogP contribution in [0.5, 0.6) is 0 Å². The summed E-state index contributed by atoms with van der Waals surface area (Å²) in [5, 5.41) is 3.99. The fourth-order valence-corrected chi connectivity index (χ4v) is 4.32. The van der Waals surface area contributed by atoms with Crippen LogP contribution in [0.25, 0.3) is 10.1 Å². The number of hydrogen-bond donors (Lipinski definition) is 1. The number of nitrogens with zero attached hydrogens (tertiary/aromatic N) is 2. The van der Waals surface area contributed by atoms with Gasteiger partial charge in [-0.3, -0.25) is 14.5 Å². The molecule has 0 spiro atoms. The minimum absolute atomic E-state index is 0.00416. The smallest absolute Gasteiger partial charge is 0.225 e. The van der Waals surface area contributed by atoms with Crippen LogP contribution in [-0.2, 0) is 16.1 Å². The summed E-state index contributed by atoms with van der Waals surface area (Å²) in [7, 11) is 1.65. The summed E-state index contributed by atoms with van der Waals surface area (Å²) in [6.07, 6.45) is 0. The van der Waals surface area contributed by atoms with Crippen molar-refractivity contribution in [1.29, 1.82) is 0 Å². The van der Waals surface area contributed by atoms with Crippen molar-refractivity contribution in [3.05, 3.63) is 35.2 Å². The number of benzene rings is 1. The number of rotatable bonds is 3. The maximum Gasteiger partial charge on any atom is 0.225 e. The van der Waals surface area contributed by atoms with Crippen molar-refractivity contribution in [1.82, 2.24) is 15.1 Å². The highest BCUT2D eigenvalue weighted by Gasteiger charge is 2.28. The monoisotopic (exact) mass is 345 g/mol. The molecule has 0 unspecified atom stereocenters. The van der Waals surface area contributed by atoms with E-state index in [2.05, 4.69) is 40.5 Å². The Kier molecular flexibility index (Phi) is 5.16. The first kappa shape index (κ1) is 16.9. The Morgan fingerprint density at radius 1 is 1.25 bits per heavy atom. The fraction of sp³-hybridized carbons (Fsp3) is 0.444. The van der Waals surface area contributed by atoms with Gasteiger partial charge in [-0.1, -0.05) is 18.2 Å². The molecule has 1 atom stereocenters. The molecule has 1 fully saturated rings. The van der Waals surface area contributed by atoms with Crippen LogP contribution in [0.3, 0.4) is 0 Å². The normalized spacial score (nSPS) is 19.2. The average molecular weight is 345 g/mol. The maximum atomic E-state index is 12.2. The number of thiophene rings is 1. The van der Waals surface area contributed by atoms with Crippen molar-refractivity contribution < 1.29 is 9.59 Å². The molecule has 3 rings (SSSR count). The van der Waals surface area contributed by atoms with Gasteiger partial charge in [0.15, 0.2) is 0 Å². The molecule has 1 aliphatic heterocycles. The van der Waals surface area contributed by atoms with E-state index in [-0.39, 0.29) is 17.7 Å². The van der Waals surface area contributed by atoms with Gasteiger partial charge in [-0.25, -0.2) is 0 Å². The lowest BCUT2D eigenvalue weighted by atomic mass is 10.1. The molecule has 0 bridgehead atoms. The first-order valence-electron chi connectivity index (χ1n) is 8.23. The van der Waals surface area contributed by atoms with Crippen molar-refractivity contribution in [2.45, 2.75) is 13.5 Å². The summed E-state index contributed by atoms with van der Waals surface area (Å²) < 4.78 is 1.29. The van der Waals surface area contributed by atoms with E-state index in [1.165, 1.54) is 15.0 Å². The number of nitrogens with one attached hydrogen (secondary N) is 1. The van der Waals surface area contributed by atoms with Crippen molar-refractivity contribution in [2.75, 3.05) is 33.2 Å². The van der Waals surface area contributed by atoms with Crippen LogP contribution >= 0.6 is 11.3 Å². The molecule has 2 amide bonds. The second-order valence-electron chi connectivity index (χ2n) is 6.26. The van der Waals surface area contributed by atoms with Crippen LogP contribution in [0.2, 0.25) is 0 Å². The van der Waals surface area contributed by atoms with Gasteiger partial charge in [-0.2, -0.15) is 0 Å². The molecule has 2 heterocycles.